The van der Waals surface area contributed by atoms with Crippen LogP contribution in [0.25, 0.3) is 0 Å². The maximum Gasteiger partial charge on any atom is 0.261 e. The summed E-state index contributed by atoms with van der Waals surface area (Å²) in [6.07, 6.45) is 3.14. The van der Waals surface area contributed by atoms with Crippen molar-refractivity contribution >= 4 is 17.2 Å². The van der Waals surface area contributed by atoms with Crippen molar-refractivity contribution in [3.8, 4) is 0 Å². The summed E-state index contributed by atoms with van der Waals surface area (Å²) >= 11 is 1.54. The van der Waals surface area contributed by atoms with Gasteiger partial charge in [-0.15, -0.1) is 11.3 Å². The zero-order chi connectivity index (χ0) is 12.3. The van der Waals surface area contributed by atoms with Crippen LogP contribution in [0.15, 0.2) is 11.4 Å². The van der Waals surface area contributed by atoms with Crippen molar-refractivity contribution in [3.63, 3.8) is 0 Å². The fraction of sp³-hybridized carbons (Fsp3) is 0.615. The Morgan fingerprint density at radius 3 is 3.18 bits per heavy atom. The maximum absolute atomic E-state index is 12.2. The summed E-state index contributed by atoms with van der Waals surface area (Å²) in [6.45, 7) is 5.29. The van der Waals surface area contributed by atoms with Crippen LogP contribution in [-0.4, -0.2) is 24.5 Å². The summed E-state index contributed by atoms with van der Waals surface area (Å²) < 4.78 is 0. The molecule has 1 aromatic heterocycles. The van der Waals surface area contributed by atoms with Crippen LogP contribution in [0.4, 0.5) is 0 Å². The lowest BCUT2D eigenvalue weighted by Crippen LogP contribution is -2.51. The van der Waals surface area contributed by atoms with Crippen LogP contribution in [0.3, 0.4) is 0 Å². The van der Waals surface area contributed by atoms with E-state index >= 15 is 0 Å². The fourth-order valence-corrected chi connectivity index (χ4v) is 3.19. The van der Waals surface area contributed by atoms with E-state index in [1.807, 2.05) is 11.4 Å². The first-order valence-corrected chi connectivity index (χ1v) is 7.21. The van der Waals surface area contributed by atoms with Gasteiger partial charge in [0.05, 0.1) is 4.88 Å². The second kappa shape index (κ2) is 5.65. The molecule has 17 heavy (non-hydrogen) atoms. The molecule has 2 rings (SSSR count). The molecule has 4 heteroatoms. The molecule has 2 unspecified atom stereocenters. The van der Waals surface area contributed by atoms with Gasteiger partial charge in [-0.25, -0.2) is 0 Å². The number of carbonyl (C=O) groups excluding carboxylic acids is 1. The number of carbonyl (C=O) groups is 1. The highest BCUT2D eigenvalue weighted by molar-refractivity contribution is 7.12. The zero-order valence-electron chi connectivity index (χ0n) is 10.5. The predicted molar refractivity (Wildman–Crippen MR) is 71.6 cm³/mol. The van der Waals surface area contributed by atoms with Crippen LogP contribution in [-0.2, 0) is 6.42 Å². The third kappa shape index (κ3) is 2.87. The van der Waals surface area contributed by atoms with Gasteiger partial charge in [-0.3, -0.25) is 4.79 Å². The molecule has 1 amide bonds. The Morgan fingerprint density at radius 2 is 2.47 bits per heavy atom. The molecule has 0 bridgehead atoms. The standard InChI is InChI=1S/C13H20N2OS/c1-3-10-6-8-17-12(10)13(16)15-11-5-4-7-14-9(11)2/h6,8-9,11,14H,3-5,7H2,1-2H3,(H,15,16). The van der Waals surface area contributed by atoms with Crippen LogP contribution < -0.4 is 10.6 Å². The molecule has 1 saturated heterocycles. The molecule has 2 atom stereocenters. The predicted octanol–water partition coefficient (Wildman–Crippen LogP) is 2.18. The summed E-state index contributed by atoms with van der Waals surface area (Å²) in [5.41, 5.74) is 1.16. The second-order valence-corrected chi connectivity index (χ2v) is 5.51. The highest BCUT2D eigenvalue weighted by Crippen LogP contribution is 2.18. The minimum atomic E-state index is 0.0948. The lowest BCUT2D eigenvalue weighted by Gasteiger charge is -2.30. The number of hydrogen-bond acceptors (Lipinski definition) is 3. The summed E-state index contributed by atoms with van der Waals surface area (Å²) in [5, 5.41) is 8.55. The molecule has 0 spiro atoms. The average Bonchev–Trinajstić information content (AvgIpc) is 2.80. The molecule has 1 aliphatic heterocycles. The van der Waals surface area contributed by atoms with Gasteiger partial charge in [-0.05, 0) is 49.7 Å². The van der Waals surface area contributed by atoms with E-state index in [1.54, 1.807) is 0 Å². The van der Waals surface area contributed by atoms with E-state index in [2.05, 4.69) is 24.5 Å². The first-order chi connectivity index (χ1) is 8.22. The van der Waals surface area contributed by atoms with E-state index in [0.29, 0.717) is 6.04 Å². The second-order valence-electron chi connectivity index (χ2n) is 4.59. The Balaban J connectivity index is 2.01. The molecule has 0 radical (unpaired) electrons. The van der Waals surface area contributed by atoms with Crippen LogP contribution in [0, 0.1) is 0 Å². The fourth-order valence-electron chi connectivity index (χ4n) is 2.29. The van der Waals surface area contributed by atoms with E-state index in [9.17, 15) is 4.79 Å². The Hall–Kier alpha value is -0.870. The molecule has 94 valence electrons. The molecule has 0 saturated carbocycles. The number of nitrogens with one attached hydrogen (secondary N) is 2. The van der Waals surface area contributed by atoms with Crippen LogP contribution in [0.5, 0.6) is 0 Å². The van der Waals surface area contributed by atoms with Gasteiger partial charge < -0.3 is 10.6 Å². The van der Waals surface area contributed by atoms with Gasteiger partial charge >= 0.3 is 0 Å². The first-order valence-electron chi connectivity index (χ1n) is 6.33. The molecule has 2 N–H and O–H groups in total. The van der Waals surface area contributed by atoms with Crippen molar-refractivity contribution in [1.29, 1.82) is 0 Å². The lowest BCUT2D eigenvalue weighted by atomic mass is 10.00. The highest BCUT2D eigenvalue weighted by Gasteiger charge is 2.23. The van der Waals surface area contributed by atoms with Crippen LogP contribution in [0.1, 0.15) is 41.9 Å². The van der Waals surface area contributed by atoms with Crippen molar-refractivity contribution in [2.24, 2.45) is 0 Å². The zero-order valence-corrected chi connectivity index (χ0v) is 11.3. The lowest BCUT2D eigenvalue weighted by molar-refractivity contribution is 0.0923. The molecule has 0 aliphatic carbocycles. The van der Waals surface area contributed by atoms with Gasteiger partial charge in [-0.2, -0.15) is 0 Å². The van der Waals surface area contributed by atoms with E-state index < -0.39 is 0 Å². The largest absolute Gasteiger partial charge is 0.347 e. The van der Waals surface area contributed by atoms with Crippen molar-refractivity contribution in [1.82, 2.24) is 10.6 Å². The van der Waals surface area contributed by atoms with E-state index in [4.69, 9.17) is 0 Å². The molecule has 2 heterocycles. The number of hydrogen-bond donors (Lipinski definition) is 2. The van der Waals surface area contributed by atoms with Crippen molar-refractivity contribution in [2.75, 3.05) is 6.54 Å². The Morgan fingerprint density at radius 1 is 1.65 bits per heavy atom. The van der Waals surface area contributed by atoms with Crippen molar-refractivity contribution in [3.05, 3.63) is 21.9 Å². The minimum Gasteiger partial charge on any atom is -0.347 e. The van der Waals surface area contributed by atoms with E-state index in [0.717, 1.165) is 36.2 Å². The molecule has 1 fully saturated rings. The molecular weight excluding hydrogens is 232 g/mol. The summed E-state index contributed by atoms with van der Waals surface area (Å²) in [6, 6.07) is 2.68. The Labute approximate surface area is 107 Å². The third-order valence-electron chi connectivity index (χ3n) is 3.41. The maximum atomic E-state index is 12.2. The average molecular weight is 252 g/mol. The van der Waals surface area contributed by atoms with Gasteiger partial charge in [0, 0.05) is 12.1 Å². The Kier molecular flexibility index (Phi) is 4.18. The smallest absolute Gasteiger partial charge is 0.261 e. The number of aryl methyl sites for hydroxylation is 1. The third-order valence-corrected chi connectivity index (χ3v) is 4.37. The van der Waals surface area contributed by atoms with Gasteiger partial charge in [0.1, 0.15) is 0 Å². The van der Waals surface area contributed by atoms with Gasteiger partial charge in [0.2, 0.25) is 0 Å². The van der Waals surface area contributed by atoms with Gasteiger partial charge in [0.15, 0.2) is 0 Å². The molecular formula is C13H20N2OS. The van der Waals surface area contributed by atoms with Crippen LogP contribution >= 0.6 is 11.3 Å². The SMILES string of the molecule is CCc1ccsc1C(=O)NC1CCCNC1C. The molecule has 3 nitrogen and oxygen atoms in total. The number of thiophene rings is 1. The van der Waals surface area contributed by atoms with E-state index in [-0.39, 0.29) is 11.9 Å². The highest BCUT2D eigenvalue weighted by atomic mass is 32.1. The van der Waals surface area contributed by atoms with E-state index in [1.165, 1.54) is 11.3 Å². The Bertz CT molecular complexity index is 389. The normalized spacial score (nSPS) is 24.6. The summed E-state index contributed by atoms with van der Waals surface area (Å²) in [7, 11) is 0. The number of amides is 1. The summed E-state index contributed by atoms with van der Waals surface area (Å²) in [4.78, 5) is 13.1. The first kappa shape index (κ1) is 12.6. The summed E-state index contributed by atoms with van der Waals surface area (Å²) in [5.74, 6) is 0.0948. The minimum absolute atomic E-state index is 0.0948. The van der Waals surface area contributed by atoms with Crippen molar-refractivity contribution in [2.45, 2.75) is 45.2 Å². The number of piperidine rings is 1. The molecule has 1 aliphatic rings. The van der Waals surface area contributed by atoms with Gasteiger partial charge in [-0.1, -0.05) is 6.92 Å². The molecule has 0 aromatic carbocycles. The van der Waals surface area contributed by atoms with Gasteiger partial charge in [0.25, 0.3) is 5.91 Å². The topological polar surface area (TPSA) is 41.1 Å². The monoisotopic (exact) mass is 252 g/mol. The van der Waals surface area contributed by atoms with Crippen molar-refractivity contribution < 1.29 is 4.79 Å². The van der Waals surface area contributed by atoms with Crippen LogP contribution in [0.2, 0.25) is 0 Å². The molecule has 1 aromatic rings. The quantitative estimate of drug-likeness (QED) is 0.865. The number of rotatable bonds is 3.